The molecule has 0 unspecified atom stereocenters. The van der Waals surface area contributed by atoms with Gasteiger partial charge in [0.1, 0.15) is 11.6 Å². The third-order valence-corrected chi connectivity index (χ3v) is 3.15. The molecular weight excluding hydrogens is 266 g/mol. The maximum Gasteiger partial charge on any atom is 0.223 e. The molecule has 1 aromatic carbocycles. The van der Waals surface area contributed by atoms with Gasteiger partial charge >= 0.3 is 0 Å². The first-order valence-corrected chi connectivity index (χ1v) is 7.19. The van der Waals surface area contributed by atoms with Crippen molar-refractivity contribution in [3.05, 3.63) is 48.0 Å². The van der Waals surface area contributed by atoms with Crippen molar-refractivity contribution in [2.75, 3.05) is 13.2 Å². The van der Waals surface area contributed by atoms with Gasteiger partial charge in [-0.1, -0.05) is 18.2 Å². The largest absolute Gasteiger partial charge is 0.493 e. The molecule has 0 saturated heterocycles. The monoisotopic (exact) mass is 287 g/mol. The maximum atomic E-state index is 11.7. The number of nitrogens with one attached hydrogen (secondary N) is 2. The van der Waals surface area contributed by atoms with E-state index in [1.807, 2.05) is 31.2 Å². The molecule has 1 heterocycles. The van der Waals surface area contributed by atoms with Crippen LogP contribution in [0.15, 0.2) is 36.7 Å². The van der Waals surface area contributed by atoms with Gasteiger partial charge in [0, 0.05) is 25.4 Å². The van der Waals surface area contributed by atoms with Crippen LogP contribution in [0.5, 0.6) is 5.75 Å². The Labute approximate surface area is 124 Å². The fourth-order valence-electron chi connectivity index (χ4n) is 1.98. The smallest absolute Gasteiger partial charge is 0.223 e. The first-order chi connectivity index (χ1) is 10.3. The highest BCUT2D eigenvalue weighted by Crippen LogP contribution is 2.16. The number of amides is 1. The van der Waals surface area contributed by atoms with Crippen molar-refractivity contribution >= 4 is 5.91 Å². The molecule has 1 aromatic heterocycles. The van der Waals surface area contributed by atoms with Gasteiger partial charge in [-0.15, -0.1) is 0 Å². The van der Waals surface area contributed by atoms with Gasteiger partial charge in [-0.3, -0.25) is 4.79 Å². The number of hydrogen-bond donors (Lipinski definition) is 2. The van der Waals surface area contributed by atoms with E-state index < -0.39 is 0 Å². The van der Waals surface area contributed by atoms with Crippen LogP contribution in [0.1, 0.15) is 24.2 Å². The third-order valence-electron chi connectivity index (χ3n) is 3.15. The summed E-state index contributed by atoms with van der Waals surface area (Å²) in [6, 6.07) is 7.80. The van der Waals surface area contributed by atoms with Crippen molar-refractivity contribution in [2.24, 2.45) is 0 Å². The minimum absolute atomic E-state index is 0.0167. The Morgan fingerprint density at radius 2 is 2.24 bits per heavy atom. The van der Waals surface area contributed by atoms with Gasteiger partial charge in [0.15, 0.2) is 0 Å². The minimum Gasteiger partial charge on any atom is -0.493 e. The van der Waals surface area contributed by atoms with Crippen LogP contribution >= 0.6 is 0 Å². The average Bonchev–Trinajstić information content (AvgIpc) is 2.99. The second-order valence-electron chi connectivity index (χ2n) is 4.85. The summed E-state index contributed by atoms with van der Waals surface area (Å²) in [6.45, 7) is 3.04. The number of carbonyl (C=O) groups excluding carboxylic acids is 1. The number of nitrogens with zero attached hydrogens (tertiary/aromatic N) is 1. The van der Waals surface area contributed by atoms with E-state index in [0.29, 0.717) is 19.6 Å². The van der Waals surface area contributed by atoms with E-state index in [0.717, 1.165) is 30.0 Å². The maximum absolute atomic E-state index is 11.7. The van der Waals surface area contributed by atoms with Gasteiger partial charge < -0.3 is 15.0 Å². The number of aromatic amines is 1. The van der Waals surface area contributed by atoms with E-state index in [4.69, 9.17) is 4.74 Å². The number of carbonyl (C=O) groups is 1. The molecule has 0 spiro atoms. The van der Waals surface area contributed by atoms with Gasteiger partial charge in [0.05, 0.1) is 13.0 Å². The van der Waals surface area contributed by atoms with Crippen LogP contribution in [0.2, 0.25) is 0 Å². The Morgan fingerprint density at radius 1 is 1.38 bits per heavy atom. The predicted octanol–water partition coefficient (Wildman–Crippen LogP) is 2.24. The van der Waals surface area contributed by atoms with Crippen molar-refractivity contribution in [1.29, 1.82) is 0 Å². The van der Waals surface area contributed by atoms with E-state index in [1.54, 1.807) is 12.4 Å². The highest BCUT2D eigenvalue weighted by molar-refractivity contribution is 5.75. The number of aromatic nitrogens is 2. The summed E-state index contributed by atoms with van der Waals surface area (Å²) in [4.78, 5) is 18.8. The molecule has 5 heteroatoms. The molecule has 2 N–H and O–H groups in total. The van der Waals surface area contributed by atoms with Gasteiger partial charge in [0.25, 0.3) is 0 Å². The van der Waals surface area contributed by atoms with Crippen molar-refractivity contribution < 1.29 is 9.53 Å². The van der Waals surface area contributed by atoms with Crippen molar-refractivity contribution in [3.63, 3.8) is 0 Å². The molecule has 2 aromatic rings. The van der Waals surface area contributed by atoms with E-state index in [1.165, 1.54) is 0 Å². The van der Waals surface area contributed by atoms with E-state index >= 15 is 0 Å². The lowest BCUT2D eigenvalue weighted by Crippen LogP contribution is -2.26. The number of para-hydroxylation sites is 1. The zero-order chi connectivity index (χ0) is 14.9. The molecule has 0 radical (unpaired) electrons. The van der Waals surface area contributed by atoms with Crippen LogP contribution < -0.4 is 10.1 Å². The molecule has 5 nitrogen and oxygen atoms in total. The summed E-state index contributed by atoms with van der Waals surface area (Å²) in [7, 11) is 0. The Balaban J connectivity index is 1.56. The molecular formula is C16H21N3O2. The van der Waals surface area contributed by atoms with Crippen LogP contribution in [0.4, 0.5) is 0 Å². The van der Waals surface area contributed by atoms with Crippen LogP contribution in [-0.2, 0) is 11.2 Å². The zero-order valence-electron chi connectivity index (χ0n) is 12.3. The van der Waals surface area contributed by atoms with E-state index in [9.17, 15) is 4.79 Å². The topological polar surface area (TPSA) is 67.0 Å². The lowest BCUT2D eigenvalue weighted by molar-refractivity contribution is -0.121. The van der Waals surface area contributed by atoms with Gasteiger partial charge in [0.2, 0.25) is 5.91 Å². The minimum atomic E-state index is 0.0167. The number of rotatable bonds is 8. The summed E-state index contributed by atoms with van der Waals surface area (Å²) < 4.78 is 5.60. The Hall–Kier alpha value is -2.30. The molecule has 0 atom stereocenters. The molecule has 0 aliphatic heterocycles. The second kappa shape index (κ2) is 8.09. The summed E-state index contributed by atoms with van der Waals surface area (Å²) in [5.74, 6) is 1.80. The number of aryl methyl sites for hydroxylation is 2. The summed E-state index contributed by atoms with van der Waals surface area (Å²) in [5, 5.41) is 2.89. The molecule has 0 aliphatic rings. The Kier molecular flexibility index (Phi) is 5.82. The summed E-state index contributed by atoms with van der Waals surface area (Å²) in [6.07, 6.45) is 5.62. The molecule has 112 valence electrons. The van der Waals surface area contributed by atoms with Gasteiger partial charge in [-0.25, -0.2) is 4.98 Å². The lowest BCUT2D eigenvalue weighted by atomic mass is 10.2. The summed E-state index contributed by atoms with van der Waals surface area (Å²) >= 11 is 0. The first kappa shape index (κ1) is 15.1. The van der Waals surface area contributed by atoms with Crippen LogP contribution in [0, 0.1) is 6.92 Å². The fraction of sp³-hybridized carbons (Fsp3) is 0.375. The lowest BCUT2D eigenvalue weighted by Gasteiger charge is -2.09. The van der Waals surface area contributed by atoms with Crippen LogP contribution in [0.25, 0.3) is 0 Å². The van der Waals surface area contributed by atoms with Crippen LogP contribution in [0.3, 0.4) is 0 Å². The van der Waals surface area contributed by atoms with Crippen LogP contribution in [-0.4, -0.2) is 29.0 Å². The predicted molar refractivity (Wildman–Crippen MR) is 81.2 cm³/mol. The summed E-state index contributed by atoms with van der Waals surface area (Å²) in [5.41, 5.74) is 1.08. The quantitative estimate of drug-likeness (QED) is 0.732. The third kappa shape index (κ3) is 5.30. The number of H-pyrrole nitrogens is 1. The fourth-order valence-corrected chi connectivity index (χ4v) is 1.98. The van der Waals surface area contributed by atoms with Gasteiger partial charge in [-0.05, 0) is 25.0 Å². The Bertz CT molecular complexity index is 552. The molecule has 0 saturated carbocycles. The normalized spacial score (nSPS) is 10.3. The van der Waals surface area contributed by atoms with Crippen molar-refractivity contribution in [3.8, 4) is 5.75 Å². The number of benzene rings is 1. The van der Waals surface area contributed by atoms with E-state index in [2.05, 4.69) is 15.3 Å². The molecule has 0 aliphatic carbocycles. The molecule has 21 heavy (non-hydrogen) atoms. The number of hydrogen-bond acceptors (Lipinski definition) is 3. The number of ether oxygens (including phenoxy) is 1. The molecule has 0 fully saturated rings. The van der Waals surface area contributed by atoms with Crippen molar-refractivity contribution in [2.45, 2.75) is 26.2 Å². The highest BCUT2D eigenvalue weighted by atomic mass is 16.5. The molecule has 2 rings (SSSR count). The van der Waals surface area contributed by atoms with E-state index in [-0.39, 0.29) is 5.91 Å². The van der Waals surface area contributed by atoms with Gasteiger partial charge in [-0.2, -0.15) is 0 Å². The molecule has 1 amide bonds. The molecule has 0 bridgehead atoms. The number of imidazole rings is 1. The standard InChI is InChI=1S/C16H21N3O2/c1-13-5-2-3-6-14(13)21-12-8-16(20)19-9-4-7-15-17-10-11-18-15/h2-3,5-6,10-11H,4,7-9,12H2,1H3,(H,17,18)(H,19,20). The Morgan fingerprint density at radius 3 is 3.00 bits per heavy atom. The highest BCUT2D eigenvalue weighted by Gasteiger charge is 2.03. The SMILES string of the molecule is Cc1ccccc1OCCC(=O)NCCCc1ncc[nH]1. The average molecular weight is 287 g/mol. The zero-order valence-corrected chi connectivity index (χ0v) is 12.3. The second-order valence-corrected chi connectivity index (χ2v) is 4.85. The first-order valence-electron chi connectivity index (χ1n) is 7.19. The van der Waals surface area contributed by atoms with Crippen molar-refractivity contribution in [1.82, 2.24) is 15.3 Å².